The van der Waals surface area contributed by atoms with E-state index < -0.39 is 0 Å². The van der Waals surface area contributed by atoms with Crippen LogP contribution in [-0.2, 0) is 43.1 Å². The van der Waals surface area contributed by atoms with Crippen molar-refractivity contribution in [1.29, 1.82) is 0 Å². The average Bonchev–Trinajstić information content (AvgIpc) is 1.81. The van der Waals surface area contributed by atoms with Crippen LogP contribution < -0.4 is 0 Å². The first-order valence-electron chi connectivity index (χ1n) is 0.579. The topological polar surface area (TPSA) is 51.2 Å². The van der Waals surface area contributed by atoms with Crippen molar-refractivity contribution in [2.75, 3.05) is 0 Å². The van der Waals surface area contributed by atoms with E-state index in [9.17, 15) is 0 Å². The number of hydrogen-bond acceptors (Lipinski definition) is 3. The van der Waals surface area contributed by atoms with Crippen LogP contribution in [0.25, 0.3) is 0 Å². The summed E-state index contributed by atoms with van der Waals surface area (Å²) in [7, 11) is 0. The Morgan fingerprint density at radius 1 is 1.17 bits per heavy atom. The second-order valence-corrected chi connectivity index (χ2v) is 0. The summed E-state index contributed by atoms with van der Waals surface area (Å²) in [6, 6.07) is 0. The SMILES string of the molecule is [O]=[AlH].[O]=[Co].[O]=[Mn]. The number of hydrogen-bond donors (Lipinski definition) is 0. The molecule has 0 heterocycles. The van der Waals surface area contributed by atoms with Gasteiger partial charge in [0.05, 0.1) is 0 Å². The Bertz CT molecular complexity index is 15.5. The van der Waals surface area contributed by atoms with Crippen LogP contribution in [-0.4, -0.2) is 16.2 Å². The van der Waals surface area contributed by atoms with E-state index in [1.54, 1.807) is 15.9 Å². The van der Waals surface area contributed by atoms with Gasteiger partial charge in [-0.15, -0.1) is 0 Å². The van der Waals surface area contributed by atoms with Gasteiger partial charge in [0.25, 0.3) is 0 Å². The first-order chi connectivity index (χ1) is 3.00. The van der Waals surface area contributed by atoms with E-state index in [1.807, 2.05) is 0 Å². The molecule has 0 bridgehead atoms. The summed E-state index contributed by atoms with van der Waals surface area (Å²) in [5, 5.41) is 0. The molecule has 0 radical (unpaired) electrons. The average molecular weight is 190 g/mol. The summed E-state index contributed by atoms with van der Waals surface area (Å²) in [5.41, 5.74) is 0. The van der Waals surface area contributed by atoms with Gasteiger partial charge in [-0.05, 0) is 0 Å². The monoisotopic (exact) mass is 190 g/mol. The van der Waals surface area contributed by atoms with Gasteiger partial charge >= 0.3 is 59.3 Å². The zero-order valence-corrected chi connectivity index (χ0v) is 6.28. The van der Waals surface area contributed by atoms with Gasteiger partial charge in [0.1, 0.15) is 0 Å². The van der Waals surface area contributed by atoms with E-state index >= 15 is 0 Å². The molecule has 0 aromatic heterocycles. The quantitative estimate of drug-likeness (QED) is 0.459. The van der Waals surface area contributed by atoms with Crippen LogP contribution in [0.4, 0.5) is 0 Å². The van der Waals surface area contributed by atoms with Gasteiger partial charge < -0.3 is 0 Å². The Labute approximate surface area is 59.3 Å². The van der Waals surface area contributed by atoms with Crippen LogP contribution in [0.3, 0.4) is 0 Å². The Balaban J connectivity index is -0.0000000225. The van der Waals surface area contributed by atoms with Gasteiger partial charge in [0, 0.05) is 0 Å². The maximum absolute atomic E-state index is 8.28. The molecular weight excluding hydrogens is 189 g/mol. The van der Waals surface area contributed by atoms with Crippen molar-refractivity contribution in [2.45, 2.75) is 0 Å². The van der Waals surface area contributed by atoms with Gasteiger partial charge in [0.2, 0.25) is 0 Å². The molecule has 3 nitrogen and oxygen atoms in total. The molecule has 0 fully saturated rings. The van der Waals surface area contributed by atoms with Gasteiger partial charge in [0.15, 0.2) is 0 Å². The molecular formula is HAlCoMnO3. The molecule has 0 spiro atoms. The molecule has 0 rings (SSSR count). The van der Waals surface area contributed by atoms with Crippen LogP contribution in [0.1, 0.15) is 0 Å². The van der Waals surface area contributed by atoms with Gasteiger partial charge in [-0.2, -0.15) is 0 Å². The van der Waals surface area contributed by atoms with E-state index in [1.165, 1.54) is 0 Å². The summed E-state index contributed by atoms with van der Waals surface area (Å²) >= 11 is 4.61. The van der Waals surface area contributed by atoms with E-state index in [0.717, 1.165) is 0 Å². The summed E-state index contributed by atoms with van der Waals surface area (Å²) < 4.78 is 24.3. The van der Waals surface area contributed by atoms with Crippen molar-refractivity contribution in [3.63, 3.8) is 0 Å². The van der Waals surface area contributed by atoms with Gasteiger partial charge in [-0.3, -0.25) is 0 Å². The van der Waals surface area contributed by atoms with Crippen molar-refractivity contribution in [2.24, 2.45) is 0 Å². The molecule has 0 aromatic carbocycles. The first-order valence-corrected chi connectivity index (χ1v) is 2.06. The van der Waals surface area contributed by atoms with Crippen LogP contribution >= 0.6 is 0 Å². The molecule has 0 saturated carbocycles. The Morgan fingerprint density at radius 3 is 1.17 bits per heavy atom. The summed E-state index contributed by atoms with van der Waals surface area (Å²) in [5.74, 6) is 0. The fourth-order valence-corrected chi connectivity index (χ4v) is 0. The van der Waals surface area contributed by atoms with Crippen LogP contribution in [0, 0.1) is 0 Å². The maximum atomic E-state index is 8.28. The Kier molecular flexibility index (Phi) is 419. The second kappa shape index (κ2) is 159. The van der Waals surface area contributed by atoms with Crippen molar-refractivity contribution >= 4 is 16.2 Å². The second-order valence-electron chi connectivity index (χ2n) is 0. The summed E-state index contributed by atoms with van der Waals surface area (Å²) in [6.07, 6.45) is 0. The van der Waals surface area contributed by atoms with Crippen LogP contribution in [0.5, 0.6) is 0 Å². The summed E-state index contributed by atoms with van der Waals surface area (Å²) in [6.45, 7) is 0. The van der Waals surface area contributed by atoms with Crippen molar-refractivity contribution in [3.8, 4) is 0 Å². The van der Waals surface area contributed by atoms with Gasteiger partial charge in [-0.1, -0.05) is 0 Å². The predicted octanol–water partition coefficient (Wildman–Crippen LogP) is -1.01. The molecule has 0 saturated heterocycles. The third-order valence-electron chi connectivity index (χ3n) is 0. The molecule has 0 aliphatic carbocycles. The fourth-order valence-electron chi connectivity index (χ4n) is 0. The number of rotatable bonds is 0. The molecule has 0 aromatic rings. The molecule has 0 unspecified atom stereocenters. The molecule has 0 atom stereocenters. The summed E-state index contributed by atoms with van der Waals surface area (Å²) in [4.78, 5) is 0. The van der Waals surface area contributed by atoms with Crippen molar-refractivity contribution < 1.29 is 43.1 Å². The van der Waals surface area contributed by atoms with E-state index in [4.69, 9.17) is 11.5 Å². The molecule has 0 amide bonds. The minimum atomic E-state index is 0.611. The Hall–Kier alpha value is 0.958. The molecule has 38 valence electrons. The van der Waals surface area contributed by atoms with E-state index in [-0.39, 0.29) is 0 Å². The Morgan fingerprint density at radius 2 is 1.17 bits per heavy atom. The fraction of sp³-hybridized carbons (Fsp3) is 0. The standard InChI is InChI=1S/Al.Co.Mn.3O.H. The first kappa shape index (κ1) is 15.8. The molecule has 6 heteroatoms. The van der Waals surface area contributed by atoms with Crippen molar-refractivity contribution in [3.05, 3.63) is 0 Å². The third kappa shape index (κ3) is 84.6. The molecule has 0 aliphatic heterocycles. The molecule has 0 aliphatic rings. The zero-order valence-electron chi connectivity index (χ0n) is 2.64. The van der Waals surface area contributed by atoms with Crippen LogP contribution in [0.2, 0.25) is 0 Å². The van der Waals surface area contributed by atoms with Crippen molar-refractivity contribution in [1.82, 2.24) is 0 Å². The normalized spacial score (nSPS) is 2.00. The van der Waals surface area contributed by atoms with Crippen LogP contribution in [0.15, 0.2) is 0 Å². The third-order valence-corrected chi connectivity index (χ3v) is 0. The van der Waals surface area contributed by atoms with Gasteiger partial charge in [-0.25, -0.2) is 0 Å². The zero-order chi connectivity index (χ0) is 6.00. The molecule has 6 heavy (non-hydrogen) atoms. The molecule has 0 N–H and O–H groups in total. The van der Waals surface area contributed by atoms with E-state index in [0.29, 0.717) is 16.2 Å². The predicted molar refractivity (Wildman–Crippen MR) is 9.21 cm³/mol. The van der Waals surface area contributed by atoms with E-state index in [2.05, 4.69) is 15.7 Å². The minimum absolute atomic E-state index is 0.611.